The van der Waals surface area contributed by atoms with Gasteiger partial charge in [0.1, 0.15) is 5.82 Å². The van der Waals surface area contributed by atoms with Crippen molar-refractivity contribution in [3.05, 3.63) is 35.1 Å². The second kappa shape index (κ2) is 6.14. The van der Waals surface area contributed by atoms with Crippen LogP contribution in [0.25, 0.3) is 0 Å². The van der Waals surface area contributed by atoms with Gasteiger partial charge < -0.3 is 10.4 Å². The quantitative estimate of drug-likeness (QED) is 0.844. The van der Waals surface area contributed by atoms with Crippen LogP contribution in [0.4, 0.5) is 4.39 Å². The molecule has 18 heavy (non-hydrogen) atoms. The smallest absolute Gasteiger partial charge is 0.305 e. The van der Waals surface area contributed by atoms with E-state index in [1.165, 1.54) is 12.1 Å². The van der Waals surface area contributed by atoms with Crippen LogP contribution < -0.4 is 5.32 Å². The van der Waals surface area contributed by atoms with Crippen molar-refractivity contribution in [2.45, 2.75) is 32.7 Å². The molecule has 1 unspecified atom stereocenters. The first-order valence-corrected chi connectivity index (χ1v) is 5.72. The zero-order valence-corrected chi connectivity index (χ0v) is 10.4. The number of carboxylic acid groups (broad SMARTS) is 1. The molecule has 1 atom stereocenters. The molecule has 0 aliphatic heterocycles. The maximum Gasteiger partial charge on any atom is 0.305 e. The lowest BCUT2D eigenvalue weighted by molar-refractivity contribution is -0.137. The van der Waals surface area contributed by atoms with Gasteiger partial charge in [-0.25, -0.2) is 4.39 Å². The van der Waals surface area contributed by atoms with Gasteiger partial charge in [-0.15, -0.1) is 0 Å². The van der Waals surface area contributed by atoms with Gasteiger partial charge in [0.05, 0.1) is 12.0 Å². The Hall–Kier alpha value is -1.91. The van der Waals surface area contributed by atoms with Gasteiger partial charge in [0.15, 0.2) is 0 Å². The fraction of sp³-hybridized carbons (Fsp3) is 0.385. The summed E-state index contributed by atoms with van der Waals surface area (Å²) in [6, 6.07) is 3.81. The molecule has 1 amide bonds. The third-order valence-electron chi connectivity index (χ3n) is 2.62. The molecule has 0 saturated carbocycles. The molecule has 2 N–H and O–H groups in total. The molecule has 0 heterocycles. The number of hydrogen-bond donors (Lipinski definition) is 2. The lowest BCUT2D eigenvalue weighted by Crippen LogP contribution is -2.36. The van der Waals surface area contributed by atoms with Crippen molar-refractivity contribution in [3.8, 4) is 0 Å². The average molecular weight is 253 g/mol. The number of benzene rings is 1. The topological polar surface area (TPSA) is 66.4 Å². The monoisotopic (exact) mass is 253 g/mol. The average Bonchev–Trinajstić information content (AvgIpc) is 2.27. The lowest BCUT2D eigenvalue weighted by Gasteiger charge is -2.15. The Morgan fingerprint density at radius 2 is 2.11 bits per heavy atom. The highest BCUT2D eigenvalue weighted by Crippen LogP contribution is 2.10. The molecule has 0 fully saturated rings. The van der Waals surface area contributed by atoms with Crippen molar-refractivity contribution in [3.63, 3.8) is 0 Å². The summed E-state index contributed by atoms with van der Waals surface area (Å²) in [6.45, 7) is 3.49. The molecule has 5 heteroatoms. The van der Waals surface area contributed by atoms with Gasteiger partial charge in [-0.3, -0.25) is 9.59 Å². The minimum atomic E-state index is -0.994. The Kier molecular flexibility index (Phi) is 4.83. The standard InChI is InChI=1S/C13H16FNO3/c1-3-9(7-12(16)17)15-13(18)10-5-4-8(2)6-11(10)14/h4-6,9H,3,7H2,1-2H3,(H,15,18)(H,16,17). The number of carboxylic acids is 1. The number of carbonyl (C=O) groups excluding carboxylic acids is 1. The Morgan fingerprint density at radius 1 is 1.44 bits per heavy atom. The van der Waals surface area contributed by atoms with E-state index in [1.54, 1.807) is 19.9 Å². The summed E-state index contributed by atoms with van der Waals surface area (Å²) in [5.41, 5.74) is 0.658. The Bertz CT molecular complexity index is 460. The van der Waals surface area contributed by atoms with E-state index in [9.17, 15) is 14.0 Å². The number of aryl methyl sites for hydroxylation is 1. The van der Waals surface area contributed by atoms with Crippen LogP contribution in [0.5, 0.6) is 0 Å². The van der Waals surface area contributed by atoms with Crippen LogP contribution in [0, 0.1) is 12.7 Å². The van der Waals surface area contributed by atoms with Crippen LogP contribution in [0.1, 0.15) is 35.7 Å². The SMILES string of the molecule is CCC(CC(=O)O)NC(=O)c1ccc(C)cc1F. The van der Waals surface area contributed by atoms with Gasteiger partial charge >= 0.3 is 5.97 Å². The molecule has 1 aromatic carbocycles. The minimum absolute atomic E-state index is 0.0653. The van der Waals surface area contributed by atoms with Gasteiger partial charge in [-0.2, -0.15) is 0 Å². The number of amides is 1. The number of aliphatic carboxylic acids is 1. The molecule has 0 spiro atoms. The van der Waals surface area contributed by atoms with Gasteiger partial charge in [-0.1, -0.05) is 13.0 Å². The highest BCUT2D eigenvalue weighted by Gasteiger charge is 2.17. The first-order chi connectivity index (χ1) is 8.43. The lowest BCUT2D eigenvalue weighted by atomic mass is 10.1. The minimum Gasteiger partial charge on any atom is -0.481 e. The summed E-state index contributed by atoms with van der Waals surface area (Å²) in [5, 5.41) is 11.2. The van der Waals surface area contributed by atoms with E-state index >= 15 is 0 Å². The summed E-state index contributed by atoms with van der Waals surface area (Å²) in [5.74, 6) is -2.18. The van der Waals surface area contributed by atoms with Gasteiger partial charge in [0.25, 0.3) is 5.91 Å². The Labute approximate surface area is 105 Å². The number of nitrogens with one attached hydrogen (secondary N) is 1. The number of hydrogen-bond acceptors (Lipinski definition) is 2. The fourth-order valence-electron chi connectivity index (χ4n) is 1.58. The van der Waals surface area contributed by atoms with E-state index in [4.69, 9.17) is 5.11 Å². The Morgan fingerprint density at radius 3 is 2.61 bits per heavy atom. The first-order valence-electron chi connectivity index (χ1n) is 5.72. The second-order valence-corrected chi connectivity index (χ2v) is 4.16. The predicted octanol–water partition coefficient (Wildman–Crippen LogP) is 2.12. The maximum atomic E-state index is 13.5. The van der Waals surface area contributed by atoms with E-state index < -0.39 is 23.7 Å². The zero-order chi connectivity index (χ0) is 13.7. The summed E-state index contributed by atoms with van der Waals surface area (Å²) >= 11 is 0. The van der Waals surface area contributed by atoms with Gasteiger partial charge in [0.2, 0.25) is 0 Å². The summed E-state index contributed by atoms with van der Waals surface area (Å²) < 4.78 is 13.5. The highest BCUT2D eigenvalue weighted by molar-refractivity contribution is 5.94. The number of carbonyl (C=O) groups is 2. The van der Waals surface area contributed by atoms with E-state index in [0.717, 1.165) is 5.56 Å². The van der Waals surface area contributed by atoms with Crippen molar-refractivity contribution < 1.29 is 19.1 Å². The molecular weight excluding hydrogens is 237 g/mol. The van der Waals surface area contributed by atoms with E-state index in [1.807, 2.05) is 0 Å². The van der Waals surface area contributed by atoms with Crippen molar-refractivity contribution in [2.24, 2.45) is 0 Å². The summed E-state index contributed by atoms with van der Waals surface area (Å²) in [4.78, 5) is 22.4. The van der Waals surface area contributed by atoms with Crippen molar-refractivity contribution in [1.29, 1.82) is 0 Å². The van der Waals surface area contributed by atoms with E-state index in [0.29, 0.717) is 6.42 Å². The molecule has 0 bridgehead atoms. The molecule has 0 saturated heterocycles. The van der Waals surface area contributed by atoms with Crippen molar-refractivity contribution in [1.82, 2.24) is 5.32 Å². The third kappa shape index (κ3) is 3.84. The molecular formula is C13H16FNO3. The predicted molar refractivity (Wildman–Crippen MR) is 64.9 cm³/mol. The third-order valence-corrected chi connectivity index (χ3v) is 2.62. The second-order valence-electron chi connectivity index (χ2n) is 4.16. The van der Waals surface area contributed by atoms with Gasteiger partial charge in [-0.05, 0) is 31.0 Å². The van der Waals surface area contributed by atoms with E-state index in [2.05, 4.69) is 5.32 Å². The highest BCUT2D eigenvalue weighted by atomic mass is 19.1. The molecule has 0 aliphatic rings. The molecule has 0 aliphatic carbocycles. The van der Waals surface area contributed by atoms with Crippen LogP contribution in [0.15, 0.2) is 18.2 Å². The summed E-state index contributed by atoms with van der Waals surface area (Å²) in [6.07, 6.45) is 0.307. The molecule has 1 rings (SSSR count). The number of halogens is 1. The van der Waals surface area contributed by atoms with Crippen molar-refractivity contribution >= 4 is 11.9 Å². The zero-order valence-electron chi connectivity index (χ0n) is 10.4. The van der Waals surface area contributed by atoms with Crippen LogP contribution in [0.3, 0.4) is 0 Å². The normalized spacial score (nSPS) is 11.9. The first kappa shape index (κ1) is 14.2. The van der Waals surface area contributed by atoms with Gasteiger partial charge in [0, 0.05) is 6.04 Å². The maximum absolute atomic E-state index is 13.5. The number of rotatable bonds is 5. The summed E-state index contributed by atoms with van der Waals surface area (Å²) in [7, 11) is 0. The van der Waals surface area contributed by atoms with Crippen LogP contribution in [-0.2, 0) is 4.79 Å². The fourth-order valence-corrected chi connectivity index (χ4v) is 1.58. The largest absolute Gasteiger partial charge is 0.481 e. The molecule has 0 aromatic heterocycles. The molecule has 4 nitrogen and oxygen atoms in total. The molecule has 1 aromatic rings. The molecule has 98 valence electrons. The Balaban J connectivity index is 2.77. The van der Waals surface area contributed by atoms with Crippen molar-refractivity contribution in [2.75, 3.05) is 0 Å². The van der Waals surface area contributed by atoms with E-state index in [-0.39, 0.29) is 12.0 Å². The van der Waals surface area contributed by atoms with Crippen LogP contribution >= 0.6 is 0 Å². The van der Waals surface area contributed by atoms with Crippen LogP contribution in [0.2, 0.25) is 0 Å². The van der Waals surface area contributed by atoms with Crippen LogP contribution in [-0.4, -0.2) is 23.0 Å². The molecule has 0 radical (unpaired) electrons.